The quantitative estimate of drug-likeness (QED) is 0.191. The van der Waals surface area contributed by atoms with Gasteiger partial charge in [-0.05, 0) is 47.2 Å². The second-order valence-corrected chi connectivity index (χ2v) is 12.3. The Morgan fingerprint density at radius 2 is 0.940 bits per heavy atom. The molecule has 3 heterocycles. The van der Waals surface area contributed by atoms with E-state index in [4.69, 9.17) is 9.97 Å². The number of para-hydroxylation sites is 3. The summed E-state index contributed by atoms with van der Waals surface area (Å²) in [6.07, 6.45) is 0. The van der Waals surface area contributed by atoms with Crippen LogP contribution in [0.2, 0.25) is 0 Å². The summed E-state index contributed by atoms with van der Waals surface area (Å²) in [5.74, 6) is 1.53. The molecule has 0 aliphatic carbocycles. The minimum atomic E-state index is 0.698. The van der Waals surface area contributed by atoms with E-state index in [0.717, 1.165) is 39.4 Å². The van der Waals surface area contributed by atoms with Crippen LogP contribution >= 0.6 is 0 Å². The molecule has 0 aliphatic heterocycles. The number of hydrogen-bond acceptors (Lipinski definition) is 2. The summed E-state index contributed by atoms with van der Waals surface area (Å²) in [5.41, 5.74) is 8.69. The molecule has 10 aromatic rings. The van der Waals surface area contributed by atoms with Crippen molar-refractivity contribution in [3.63, 3.8) is 0 Å². The molecule has 238 valence electrons. The smallest absolute Gasteiger partial charge is 0.162 e. The lowest BCUT2D eigenvalue weighted by molar-refractivity contribution is 1.05. The third-order valence-corrected chi connectivity index (χ3v) is 9.53. The number of benzene rings is 7. The van der Waals surface area contributed by atoms with Gasteiger partial charge in [-0.3, -0.25) is 4.57 Å². The molecule has 0 aliphatic rings. The van der Waals surface area contributed by atoms with E-state index in [1.165, 1.54) is 43.4 Å². The van der Waals surface area contributed by atoms with Gasteiger partial charge in [0.2, 0.25) is 0 Å². The average molecular weight is 643 g/mol. The maximum Gasteiger partial charge on any atom is 0.162 e. The van der Waals surface area contributed by atoms with E-state index >= 15 is 0 Å². The predicted molar refractivity (Wildman–Crippen MR) is 210 cm³/mol. The summed E-state index contributed by atoms with van der Waals surface area (Å²) in [6.45, 7) is 4.00. The van der Waals surface area contributed by atoms with Crippen LogP contribution in [0.25, 0.3) is 88.5 Å². The minimum absolute atomic E-state index is 0.698. The Hall–Kier alpha value is -6.52. The zero-order chi connectivity index (χ0) is 33.6. The second kappa shape index (κ2) is 12.2. The van der Waals surface area contributed by atoms with Gasteiger partial charge in [-0.25, -0.2) is 9.97 Å². The molecule has 7 aromatic carbocycles. The summed E-state index contributed by atoms with van der Waals surface area (Å²) in [4.78, 5) is 10.4. The Morgan fingerprint density at radius 3 is 1.64 bits per heavy atom. The van der Waals surface area contributed by atoms with Crippen LogP contribution in [0.3, 0.4) is 0 Å². The van der Waals surface area contributed by atoms with Crippen molar-refractivity contribution in [3.8, 4) is 34.2 Å². The van der Waals surface area contributed by atoms with Gasteiger partial charge in [0, 0.05) is 44.4 Å². The van der Waals surface area contributed by atoms with Crippen LogP contribution in [-0.2, 0) is 0 Å². The number of aromatic nitrogens is 4. The van der Waals surface area contributed by atoms with E-state index < -0.39 is 0 Å². The molecule has 4 nitrogen and oxygen atoms in total. The molecule has 0 radical (unpaired) electrons. The summed E-state index contributed by atoms with van der Waals surface area (Å²) in [7, 11) is 0. The van der Waals surface area contributed by atoms with Gasteiger partial charge in [-0.1, -0.05) is 141 Å². The molecule has 0 atom stereocenters. The zero-order valence-corrected chi connectivity index (χ0v) is 28.0. The molecule has 3 aromatic heterocycles. The largest absolute Gasteiger partial charge is 0.309 e. The Morgan fingerprint density at radius 1 is 0.400 bits per heavy atom. The predicted octanol–water partition coefficient (Wildman–Crippen LogP) is 12.2. The summed E-state index contributed by atoms with van der Waals surface area (Å²) < 4.78 is 4.68. The van der Waals surface area contributed by atoms with E-state index in [-0.39, 0.29) is 0 Å². The van der Waals surface area contributed by atoms with Crippen molar-refractivity contribution in [1.82, 2.24) is 19.1 Å². The molecule has 0 spiro atoms. The fourth-order valence-corrected chi connectivity index (χ4v) is 7.40. The van der Waals surface area contributed by atoms with Crippen LogP contribution in [0.5, 0.6) is 0 Å². The molecular formula is C46H34N4. The van der Waals surface area contributed by atoms with Gasteiger partial charge in [0.05, 0.1) is 27.8 Å². The minimum Gasteiger partial charge on any atom is -0.309 e. The van der Waals surface area contributed by atoms with Crippen LogP contribution in [0.15, 0.2) is 170 Å². The summed E-state index contributed by atoms with van der Waals surface area (Å²) in [6, 6.07) is 60.1. The van der Waals surface area contributed by atoms with E-state index in [1.54, 1.807) is 0 Å². The highest BCUT2D eigenvalue weighted by Gasteiger charge is 2.19. The van der Waals surface area contributed by atoms with Gasteiger partial charge in [0.15, 0.2) is 5.82 Å². The molecule has 10 rings (SSSR count). The molecule has 50 heavy (non-hydrogen) atoms. The van der Waals surface area contributed by atoms with Gasteiger partial charge in [0.25, 0.3) is 0 Å². The highest BCUT2D eigenvalue weighted by molar-refractivity contribution is 6.12. The van der Waals surface area contributed by atoms with E-state index in [2.05, 4.69) is 161 Å². The second-order valence-electron chi connectivity index (χ2n) is 12.3. The van der Waals surface area contributed by atoms with Crippen molar-refractivity contribution in [2.75, 3.05) is 0 Å². The molecule has 0 unspecified atom stereocenters. The maximum absolute atomic E-state index is 5.25. The van der Waals surface area contributed by atoms with Crippen molar-refractivity contribution in [2.45, 2.75) is 13.8 Å². The SMILES string of the molecule is CC.c1ccc(-c2nc(-c3cccc4ccccc34)cc(-n3c4ccccc4c4cc(-n5c6ccccc6c6ccccc65)ccc43)n2)cc1. The fraction of sp³-hybridized carbons (Fsp3) is 0.0435. The van der Waals surface area contributed by atoms with E-state index in [0.29, 0.717) is 5.82 Å². The van der Waals surface area contributed by atoms with Crippen molar-refractivity contribution >= 4 is 54.4 Å². The normalized spacial score (nSPS) is 11.4. The number of fused-ring (bicyclic) bond motifs is 7. The number of hydrogen-bond donors (Lipinski definition) is 0. The molecule has 0 bridgehead atoms. The third kappa shape index (κ3) is 4.68. The topological polar surface area (TPSA) is 35.6 Å². The van der Waals surface area contributed by atoms with Crippen LogP contribution in [0.4, 0.5) is 0 Å². The standard InChI is InChI=1S/C44H28N4.C2H6/c1-2-14-30(15-3-1)44-45-38(33-21-12-16-29-13-4-5-17-32(29)33)28-43(46-44)48-41-24-11-8-20-36(41)37-27-31(25-26-42(37)48)47-39-22-9-6-18-34(39)35-19-7-10-23-40(35)47;1-2/h1-28H;1-2H3. The Balaban J connectivity index is 0.00000165. The maximum atomic E-state index is 5.25. The lowest BCUT2D eigenvalue weighted by atomic mass is 10.0. The van der Waals surface area contributed by atoms with Gasteiger partial charge >= 0.3 is 0 Å². The van der Waals surface area contributed by atoms with Crippen LogP contribution in [0, 0.1) is 0 Å². The Kier molecular flexibility index (Phi) is 7.21. The van der Waals surface area contributed by atoms with Gasteiger partial charge < -0.3 is 4.57 Å². The van der Waals surface area contributed by atoms with Crippen LogP contribution in [0.1, 0.15) is 13.8 Å². The van der Waals surface area contributed by atoms with Gasteiger partial charge in [0.1, 0.15) is 5.82 Å². The molecule has 0 saturated heterocycles. The molecular weight excluding hydrogens is 609 g/mol. The first-order chi connectivity index (χ1) is 24.8. The number of rotatable bonds is 4. The first-order valence-electron chi connectivity index (χ1n) is 17.3. The van der Waals surface area contributed by atoms with E-state index in [9.17, 15) is 0 Å². The molecule has 0 N–H and O–H groups in total. The van der Waals surface area contributed by atoms with Crippen molar-refractivity contribution in [1.29, 1.82) is 0 Å². The molecule has 0 amide bonds. The summed E-state index contributed by atoms with van der Waals surface area (Å²) in [5, 5.41) is 7.22. The van der Waals surface area contributed by atoms with Gasteiger partial charge in [-0.15, -0.1) is 0 Å². The summed E-state index contributed by atoms with van der Waals surface area (Å²) >= 11 is 0. The van der Waals surface area contributed by atoms with Crippen LogP contribution in [-0.4, -0.2) is 19.1 Å². The molecule has 4 heteroatoms. The lowest BCUT2D eigenvalue weighted by Crippen LogP contribution is -2.03. The van der Waals surface area contributed by atoms with E-state index in [1.807, 2.05) is 32.0 Å². The Bertz CT molecular complexity index is 2780. The number of nitrogens with zero attached hydrogens (tertiary/aromatic N) is 4. The Labute approximate surface area is 290 Å². The lowest BCUT2D eigenvalue weighted by Gasteiger charge is -2.13. The monoisotopic (exact) mass is 642 g/mol. The highest BCUT2D eigenvalue weighted by atomic mass is 15.1. The third-order valence-electron chi connectivity index (χ3n) is 9.53. The van der Waals surface area contributed by atoms with Crippen molar-refractivity contribution < 1.29 is 0 Å². The fourth-order valence-electron chi connectivity index (χ4n) is 7.40. The van der Waals surface area contributed by atoms with Crippen molar-refractivity contribution in [2.24, 2.45) is 0 Å². The molecule has 0 saturated carbocycles. The van der Waals surface area contributed by atoms with Gasteiger partial charge in [-0.2, -0.15) is 0 Å². The average Bonchev–Trinajstić information content (AvgIpc) is 3.71. The zero-order valence-electron chi connectivity index (χ0n) is 28.0. The first-order valence-corrected chi connectivity index (χ1v) is 17.3. The van der Waals surface area contributed by atoms with Crippen LogP contribution < -0.4 is 0 Å². The highest BCUT2D eigenvalue weighted by Crippen LogP contribution is 2.38. The van der Waals surface area contributed by atoms with Crippen molar-refractivity contribution in [3.05, 3.63) is 170 Å². The first kappa shape index (κ1) is 29.6. The molecule has 0 fully saturated rings.